The molecule has 0 saturated heterocycles. The van der Waals surface area contributed by atoms with Crippen molar-refractivity contribution in [3.63, 3.8) is 0 Å². The van der Waals surface area contributed by atoms with Crippen molar-refractivity contribution in [3.05, 3.63) is 23.5 Å². The fourth-order valence-corrected chi connectivity index (χ4v) is 2.53. The average molecular weight is 222 g/mol. The van der Waals surface area contributed by atoms with Crippen molar-refractivity contribution < 1.29 is 0 Å². The minimum Gasteiger partial charge on any atom is -0.297 e. The number of unbranched alkanes of at least 4 members (excludes halogenated alkanes) is 4. The van der Waals surface area contributed by atoms with E-state index < -0.39 is 0 Å². The van der Waals surface area contributed by atoms with E-state index in [1.54, 1.807) is 11.3 Å². The summed E-state index contributed by atoms with van der Waals surface area (Å²) in [5.74, 6) is 0. The van der Waals surface area contributed by atoms with Gasteiger partial charge in [-0.2, -0.15) is 0 Å². The molecule has 2 aromatic rings. The van der Waals surface area contributed by atoms with Crippen molar-refractivity contribution >= 4 is 16.3 Å². The van der Waals surface area contributed by atoms with E-state index in [2.05, 4.69) is 34.1 Å². The Bertz CT molecular complexity index is 374. The highest BCUT2D eigenvalue weighted by atomic mass is 32.1. The van der Waals surface area contributed by atoms with Crippen LogP contribution in [0.25, 0.3) is 4.96 Å². The summed E-state index contributed by atoms with van der Waals surface area (Å²) in [7, 11) is 0. The summed E-state index contributed by atoms with van der Waals surface area (Å²) in [6.07, 6.45) is 12.1. The molecule has 0 bridgehead atoms. The minimum absolute atomic E-state index is 1.12. The molecule has 0 aliphatic carbocycles. The van der Waals surface area contributed by atoms with E-state index in [-0.39, 0.29) is 0 Å². The fraction of sp³-hybridized carbons (Fsp3) is 0.583. The van der Waals surface area contributed by atoms with Crippen molar-refractivity contribution in [2.75, 3.05) is 0 Å². The lowest BCUT2D eigenvalue weighted by Gasteiger charge is -1.97. The predicted molar refractivity (Wildman–Crippen MR) is 65.5 cm³/mol. The molecule has 2 aromatic heterocycles. The minimum atomic E-state index is 1.12. The summed E-state index contributed by atoms with van der Waals surface area (Å²) in [6, 6.07) is 0. The van der Waals surface area contributed by atoms with Gasteiger partial charge >= 0.3 is 0 Å². The Hall–Kier alpha value is -0.830. The molecule has 0 radical (unpaired) electrons. The molecule has 0 fully saturated rings. The molecule has 2 rings (SSSR count). The van der Waals surface area contributed by atoms with Crippen molar-refractivity contribution in [1.82, 2.24) is 9.38 Å². The van der Waals surface area contributed by atoms with E-state index >= 15 is 0 Å². The van der Waals surface area contributed by atoms with Gasteiger partial charge in [-0.3, -0.25) is 4.40 Å². The molecule has 0 N–H and O–H groups in total. The van der Waals surface area contributed by atoms with E-state index in [0.29, 0.717) is 0 Å². The third-order valence-electron chi connectivity index (χ3n) is 2.68. The van der Waals surface area contributed by atoms with Gasteiger partial charge < -0.3 is 0 Å². The molecule has 3 heteroatoms. The van der Waals surface area contributed by atoms with Crippen molar-refractivity contribution in [1.29, 1.82) is 0 Å². The normalized spacial score (nSPS) is 11.3. The molecular formula is C12H18N2S. The number of aryl methyl sites for hydroxylation is 1. The van der Waals surface area contributed by atoms with Gasteiger partial charge in [0, 0.05) is 17.8 Å². The zero-order valence-corrected chi connectivity index (χ0v) is 10.1. The smallest absolute Gasteiger partial charge is 0.193 e. The van der Waals surface area contributed by atoms with Crippen LogP contribution < -0.4 is 0 Å². The number of imidazole rings is 1. The summed E-state index contributed by atoms with van der Waals surface area (Å²) in [4.78, 5) is 5.70. The number of hydrogen-bond acceptors (Lipinski definition) is 2. The van der Waals surface area contributed by atoms with Gasteiger partial charge in [0.15, 0.2) is 4.96 Å². The first kappa shape index (κ1) is 10.7. The van der Waals surface area contributed by atoms with Crippen LogP contribution in [0.4, 0.5) is 0 Å². The number of thiazole rings is 1. The van der Waals surface area contributed by atoms with Crippen LogP contribution >= 0.6 is 11.3 Å². The molecule has 0 aliphatic heterocycles. The molecule has 2 nitrogen and oxygen atoms in total. The maximum Gasteiger partial charge on any atom is 0.193 e. The third kappa shape index (κ3) is 2.81. The Morgan fingerprint density at radius 3 is 2.93 bits per heavy atom. The predicted octanol–water partition coefficient (Wildman–Crippen LogP) is 3.91. The van der Waals surface area contributed by atoms with E-state index in [1.165, 1.54) is 37.8 Å². The Morgan fingerprint density at radius 1 is 1.27 bits per heavy atom. The Labute approximate surface area is 95.0 Å². The molecule has 0 aliphatic rings. The SMILES string of the molecule is CCCCCCCc1cn2ccsc2n1. The monoisotopic (exact) mass is 222 g/mol. The Morgan fingerprint density at radius 2 is 2.13 bits per heavy atom. The van der Waals surface area contributed by atoms with Crippen LogP contribution in [0.2, 0.25) is 0 Å². The molecular weight excluding hydrogens is 204 g/mol. The molecule has 0 spiro atoms. The average Bonchev–Trinajstić information content (AvgIpc) is 2.77. The van der Waals surface area contributed by atoms with Gasteiger partial charge in [-0.1, -0.05) is 32.6 Å². The summed E-state index contributed by atoms with van der Waals surface area (Å²) >= 11 is 1.71. The highest BCUT2D eigenvalue weighted by Gasteiger charge is 2.01. The van der Waals surface area contributed by atoms with Crippen molar-refractivity contribution in [2.24, 2.45) is 0 Å². The van der Waals surface area contributed by atoms with Crippen LogP contribution in [-0.4, -0.2) is 9.38 Å². The Kier molecular flexibility index (Phi) is 3.78. The largest absolute Gasteiger partial charge is 0.297 e. The number of nitrogens with zero attached hydrogens (tertiary/aromatic N) is 2. The highest BCUT2D eigenvalue weighted by molar-refractivity contribution is 7.15. The number of aromatic nitrogens is 2. The zero-order valence-electron chi connectivity index (χ0n) is 9.28. The molecule has 15 heavy (non-hydrogen) atoms. The first-order valence-electron chi connectivity index (χ1n) is 5.81. The van der Waals surface area contributed by atoms with E-state index in [1.807, 2.05) is 0 Å². The fourth-order valence-electron chi connectivity index (χ4n) is 1.81. The third-order valence-corrected chi connectivity index (χ3v) is 3.45. The molecule has 0 atom stereocenters. The topological polar surface area (TPSA) is 17.3 Å². The highest BCUT2D eigenvalue weighted by Crippen LogP contribution is 2.13. The van der Waals surface area contributed by atoms with Gasteiger partial charge in [-0.05, 0) is 12.8 Å². The van der Waals surface area contributed by atoms with Crippen molar-refractivity contribution in [2.45, 2.75) is 45.4 Å². The first-order valence-corrected chi connectivity index (χ1v) is 6.69. The Balaban J connectivity index is 1.77. The van der Waals surface area contributed by atoms with E-state index in [4.69, 9.17) is 0 Å². The van der Waals surface area contributed by atoms with Crippen LogP contribution in [0.5, 0.6) is 0 Å². The second-order valence-electron chi connectivity index (χ2n) is 3.99. The lowest BCUT2D eigenvalue weighted by atomic mass is 10.1. The van der Waals surface area contributed by atoms with Gasteiger partial charge in [0.05, 0.1) is 5.69 Å². The lowest BCUT2D eigenvalue weighted by molar-refractivity contribution is 0.629. The molecule has 0 unspecified atom stereocenters. The van der Waals surface area contributed by atoms with Crippen molar-refractivity contribution in [3.8, 4) is 0 Å². The number of hydrogen-bond donors (Lipinski definition) is 0. The lowest BCUT2D eigenvalue weighted by Crippen LogP contribution is -1.85. The standard InChI is InChI=1S/C12H18N2S/c1-2-3-4-5-6-7-11-10-14-8-9-15-12(14)13-11/h8-10H,2-7H2,1H3. The second-order valence-corrected chi connectivity index (χ2v) is 4.86. The molecule has 0 amide bonds. The molecule has 0 saturated carbocycles. The number of rotatable bonds is 6. The number of fused-ring (bicyclic) bond motifs is 1. The molecule has 82 valence electrons. The molecule has 2 heterocycles. The van der Waals surface area contributed by atoms with Crippen LogP contribution in [0.1, 0.15) is 44.7 Å². The van der Waals surface area contributed by atoms with Gasteiger partial charge in [0.2, 0.25) is 0 Å². The second kappa shape index (κ2) is 5.31. The summed E-state index contributed by atoms with van der Waals surface area (Å²) in [5.41, 5.74) is 1.25. The maximum absolute atomic E-state index is 4.57. The van der Waals surface area contributed by atoms with Crippen LogP contribution in [0.15, 0.2) is 17.8 Å². The van der Waals surface area contributed by atoms with Gasteiger partial charge in [0.25, 0.3) is 0 Å². The quantitative estimate of drug-likeness (QED) is 0.677. The van der Waals surface area contributed by atoms with Gasteiger partial charge in [-0.25, -0.2) is 4.98 Å². The van der Waals surface area contributed by atoms with Gasteiger partial charge in [0.1, 0.15) is 0 Å². The van der Waals surface area contributed by atoms with Gasteiger partial charge in [-0.15, -0.1) is 11.3 Å². The van der Waals surface area contributed by atoms with E-state index in [0.717, 1.165) is 11.4 Å². The van der Waals surface area contributed by atoms with Crippen LogP contribution in [0, 0.1) is 0 Å². The van der Waals surface area contributed by atoms with E-state index in [9.17, 15) is 0 Å². The summed E-state index contributed by atoms with van der Waals surface area (Å²) in [5, 5.41) is 2.08. The first-order chi connectivity index (χ1) is 7.40. The van der Waals surface area contributed by atoms with Crippen LogP contribution in [0.3, 0.4) is 0 Å². The zero-order chi connectivity index (χ0) is 10.5. The van der Waals surface area contributed by atoms with Crippen LogP contribution in [-0.2, 0) is 6.42 Å². The molecule has 0 aromatic carbocycles. The summed E-state index contributed by atoms with van der Waals surface area (Å²) in [6.45, 7) is 2.25. The summed E-state index contributed by atoms with van der Waals surface area (Å²) < 4.78 is 2.12. The maximum atomic E-state index is 4.57.